The van der Waals surface area contributed by atoms with Gasteiger partial charge >= 0.3 is 0 Å². The van der Waals surface area contributed by atoms with Crippen LogP contribution in [0.1, 0.15) is 18.4 Å². The molecule has 0 spiro atoms. The van der Waals surface area contributed by atoms with Crippen LogP contribution in [0.2, 0.25) is 0 Å². The molecule has 0 aromatic heterocycles. The third kappa shape index (κ3) is 4.69. The van der Waals surface area contributed by atoms with Gasteiger partial charge in [0.1, 0.15) is 5.75 Å². The standard InChI is InChI=1S/C23H25N3O4S/c1-30-18-8-4-2-6-16(18)14-24-21(27)15-10-12-26(13-11-15)23(29)20-22(28)25-17-7-3-5-9-19(17)31-20/h2-9,15,20H,10-14H2,1H3,(H,24,27)(H,25,28)/t20-/m1/s1. The molecular formula is C23H25N3O4S. The molecule has 2 aromatic rings. The van der Waals surface area contributed by atoms with Crippen molar-refractivity contribution in [2.45, 2.75) is 29.5 Å². The highest BCUT2D eigenvalue weighted by Crippen LogP contribution is 2.36. The number of benzene rings is 2. The van der Waals surface area contributed by atoms with Crippen LogP contribution in [0.25, 0.3) is 0 Å². The van der Waals surface area contributed by atoms with Gasteiger partial charge in [-0.15, -0.1) is 11.8 Å². The summed E-state index contributed by atoms with van der Waals surface area (Å²) in [4.78, 5) is 40.6. The quantitative estimate of drug-likeness (QED) is 0.700. The van der Waals surface area contributed by atoms with Crippen LogP contribution < -0.4 is 15.4 Å². The molecule has 31 heavy (non-hydrogen) atoms. The van der Waals surface area contributed by atoms with E-state index in [2.05, 4.69) is 10.6 Å². The van der Waals surface area contributed by atoms with Crippen LogP contribution in [-0.2, 0) is 20.9 Å². The van der Waals surface area contributed by atoms with Crippen molar-refractivity contribution in [3.63, 3.8) is 0 Å². The van der Waals surface area contributed by atoms with Crippen LogP contribution in [0.15, 0.2) is 53.4 Å². The molecule has 0 saturated carbocycles. The number of ether oxygens (including phenoxy) is 1. The van der Waals surface area contributed by atoms with Gasteiger partial charge in [-0.1, -0.05) is 30.3 Å². The second-order valence-electron chi connectivity index (χ2n) is 7.61. The van der Waals surface area contributed by atoms with Crippen LogP contribution in [0.3, 0.4) is 0 Å². The van der Waals surface area contributed by atoms with Gasteiger partial charge in [-0.25, -0.2) is 0 Å². The third-order valence-electron chi connectivity index (χ3n) is 5.68. The van der Waals surface area contributed by atoms with E-state index >= 15 is 0 Å². The van der Waals surface area contributed by atoms with Crippen molar-refractivity contribution in [2.24, 2.45) is 5.92 Å². The molecule has 2 N–H and O–H groups in total. The number of nitrogens with zero attached hydrogens (tertiary/aromatic N) is 1. The summed E-state index contributed by atoms with van der Waals surface area (Å²) in [6.45, 7) is 1.34. The molecule has 3 amide bonds. The highest BCUT2D eigenvalue weighted by atomic mass is 32.2. The van der Waals surface area contributed by atoms with Crippen LogP contribution in [0.5, 0.6) is 5.75 Å². The fourth-order valence-electron chi connectivity index (χ4n) is 3.92. The molecule has 1 atom stereocenters. The van der Waals surface area contributed by atoms with Crippen LogP contribution >= 0.6 is 11.8 Å². The largest absolute Gasteiger partial charge is 0.496 e. The number of carbonyl (C=O) groups excluding carboxylic acids is 3. The van der Waals surface area contributed by atoms with Gasteiger partial charge in [0.25, 0.3) is 0 Å². The highest BCUT2D eigenvalue weighted by molar-refractivity contribution is 8.01. The zero-order valence-electron chi connectivity index (χ0n) is 17.3. The Morgan fingerprint density at radius 1 is 1.13 bits per heavy atom. The number of amides is 3. The molecule has 0 radical (unpaired) electrons. The smallest absolute Gasteiger partial charge is 0.247 e. The molecular weight excluding hydrogens is 414 g/mol. The van der Waals surface area contributed by atoms with E-state index in [1.807, 2.05) is 48.5 Å². The van der Waals surface area contributed by atoms with Crippen molar-refractivity contribution < 1.29 is 19.1 Å². The first-order valence-electron chi connectivity index (χ1n) is 10.3. The van der Waals surface area contributed by atoms with Crippen molar-refractivity contribution >= 4 is 35.2 Å². The second kappa shape index (κ2) is 9.43. The van der Waals surface area contributed by atoms with Crippen molar-refractivity contribution in [1.29, 1.82) is 0 Å². The normalized spacial score (nSPS) is 18.7. The Hall–Kier alpha value is -3.00. The Kier molecular flexibility index (Phi) is 6.46. The maximum Gasteiger partial charge on any atom is 0.247 e. The Morgan fingerprint density at radius 3 is 2.61 bits per heavy atom. The summed E-state index contributed by atoms with van der Waals surface area (Å²) >= 11 is 1.29. The van der Waals surface area contributed by atoms with Gasteiger partial charge in [-0.3, -0.25) is 14.4 Å². The number of methoxy groups -OCH3 is 1. The molecule has 1 saturated heterocycles. The summed E-state index contributed by atoms with van der Waals surface area (Å²) in [7, 11) is 1.61. The molecule has 2 aliphatic rings. The molecule has 8 heteroatoms. The molecule has 2 aromatic carbocycles. The number of hydrogen-bond donors (Lipinski definition) is 2. The molecule has 0 aliphatic carbocycles. The molecule has 7 nitrogen and oxygen atoms in total. The lowest BCUT2D eigenvalue weighted by Crippen LogP contribution is -2.49. The minimum atomic E-state index is -0.786. The van der Waals surface area contributed by atoms with E-state index < -0.39 is 5.25 Å². The van der Waals surface area contributed by atoms with Gasteiger partial charge in [-0.2, -0.15) is 0 Å². The Balaban J connectivity index is 1.30. The van der Waals surface area contributed by atoms with Crippen molar-refractivity contribution in [1.82, 2.24) is 10.2 Å². The van der Waals surface area contributed by atoms with E-state index in [0.717, 1.165) is 21.9 Å². The molecule has 2 heterocycles. The first-order valence-corrected chi connectivity index (χ1v) is 11.2. The Morgan fingerprint density at radius 2 is 1.84 bits per heavy atom. The van der Waals surface area contributed by atoms with E-state index in [0.29, 0.717) is 32.5 Å². The van der Waals surface area contributed by atoms with Crippen molar-refractivity contribution in [3.05, 3.63) is 54.1 Å². The fraction of sp³-hybridized carbons (Fsp3) is 0.348. The Bertz CT molecular complexity index is 988. The summed E-state index contributed by atoms with van der Waals surface area (Å²) in [5.74, 6) is 0.104. The Labute approximate surface area is 185 Å². The number of fused-ring (bicyclic) bond motifs is 1. The summed E-state index contributed by atoms with van der Waals surface area (Å²) in [5, 5.41) is 5.01. The van der Waals surface area contributed by atoms with Gasteiger partial charge in [0.2, 0.25) is 17.7 Å². The van der Waals surface area contributed by atoms with Crippen LogP contribution in [-0.4, -0.2) is 48.1 Å². The SMILES string of the molecule is COc1ccccc1CNC(=O)C1CCN(C(=O)[C@@H]2Sc3ccccc3NC2=O)CC1. The van der Waals surface area contributed by atoms with Gasteiger partial charge < -0.3 is 20.3 Å². The molecule has 4 rings (SSSR count). The average molecular weight is 440 g/mol. The predicted octanol–water partition coefficient (Wildman–Crippen LogP) is 2.66. The zero-order valence-corrected chi connectivity index (χ0v) is 18.1. The van der Waals surface area contributed by atoms with E-state index in [4.69, 9.17) is 4.74 Å². The summed E-state index contributed by atoms with van der Waals surface area (Å²) in [6, 6.07) is 15.1. The lowest BCUT2D eigenvalue weighted by molar-refractivity contribution is -0.137. The number of anilines is 1. The predicted molar refractivity (Wildman–Crippen MR) is 119 cm³/mol. The maximum absolute atomic E-state index is 13.0. The van der Waals surface area contributed by atoms with Gasteiger partial charge in [0.05, 0.1) is 12.8 Å². The van der Waals surface area contributed by atoms with Gasteiger partial charge in [0, 0.05) is 36.0 Å². The third-order valence-corrected chi connectivity index (χ3v) is 6.94. The first kappa shape index (κ1) is 21.2. The van der Waals surface area contributed by atoms with Gasteiger partial charge in [-0.05, 0) is 31.0 Å². The molecule has 0 bridgehead atoms. The molecule has 1 fully saturated rings. The minimum Gasteiger partial charge on any atom is -0.496 e. The number of thioether (sulfide) groups is 1. The summed E-state index contributed by atoms with van der Waals surface area (Å²) in [5.41, 5.74) is 1.67. The van der Waals surface area contributed by atoms with E-state index in [9.17, 15) is 14.4 Å². The number of piperidine rings is 1. The number of hydrogen-bond acceptors (Lipinski definition) is 5. The number of likely N-dealkylation sites (tertiary alicyclic amines) is 1. The molecule has 2 aliphatic heterocycles. The number of rotatable bonds is 5. The lowest BCUT2D eigenvalue weighted by Gasteiger charge is -2.34. The topological polar surface area (TPSA) is 87.7 Å². The van der Waals surface area contributed by atoms with Crippen LogP contribution in [0.4, 0.5) is 5.69 Å². The number of carbonyl (C=O) groups is 3. The summed E-state index contributed by atoms with van der Waals surface area (Å²) < 4.78 is 5.32. The monoisotopic (exact) mass is 439 g/mol. The minimum absolute atomic E-state index is 0.0169. The maximum atomic E-state index is 13.0. The van der Waals surface area contributed by atoms with Crippen molar-refractivity contribution in [2.75, 3.05) is 25.5 Å². The molecule has 162 valence electrons. The second-order valence-corrected chi connectivity index (χ2v) is 8.76. The van der Waals surface area contributed by atoms with E-state index in [-0.39, 0.29) is 23.6 Å². The van der Waals surface area contributed by atoms with Crippen LogP contribution in [0, 0.1) is 5.92 Å². The van der Waals surface area contributed by atoms with E-state index in [1.54, 1.807) is 12.0 Å². The van der Waals surface area contributed by atoms with Gasteiger partial charge in [0.15, 0.2) is 5.25 Å². The zero-order chi connectivity index (χ0) is 21.8. The fourth-order valence-corrected chi connectivity index (χ4v) is 4.99. The van der Waals surface area contributed by atoms with E-state index in [1.165, 1.54) is 11.8 Å². The average Bonchev–Trinajstić information content (AvgIpc) is 2.82. The van der Waals surface area contributed by atoms with Crippen molar-refractivity contribution in [3.8, 4) is 5.75 Å². The summed E-state index contributed by atoms with van der Waals surface area (Å²) in [6.07, 6.45) is 1.16. The number of nitrogens with one attached hydrogen (secondary N) is 2. The number of para-hydroxylation sites is 2. The first-order chi connectivity index (χ1) is 15.1. The molecule has 0 unspecified atom stereocenters. The highest BCUT2D eigenvalue weighted by Gasteiger charge is 2.37. The lowest BCUT2D eigenvalue weighted by atomic mass is 9.95.